The number of rotatable bonds is 1. The average molecular weight is 242 g/mol. The van der Waals surface area contributed by atoms with Gasteiger partial charge < -0.3 is 0 Å². The summed E-state index contributed by atoms with van der Waals surface area (Å²) in [4.78, 5) is 8.30. The molecule has 4 nitrogen and oxygen atoms in total. The summed E-state index contributed by atoms with van der Waals surface area (Å²) in [6.45, 7) is 3.83. The molecule has 0 aromatic carbocycles. The number of aromatic nitrogens is 4. The normalized spacial score (nSPS) is 11.1. The Labute approximate surface area is 103 Å². The third-order valence-corrected chi connectivity index (χ3v) is 2.81. The SMILES string of the molecule is Cc1ccc2nc(-c3cncc(F)c3)c(C)n2n1. The summed E-state index contributed by atoms with van der Waals surface area (Å²) in [5.74, 6) is -0.368. The van der Waals surface area contributed by atoms with Crippen molar-refractivity contribution in [1.29, 1.82) is 0 Å². The Bertz CT molecular complexity index is 733. The smallest absolute Gasteiger partial charge is 0.154 e. The molecule has 18 heavy (non-hydrogen) atoms. The first-order valence-electron chi connectivity index (χ1n) is 5.59. The Hall–Kier alpha value is -2.30. The average Bonchev–Trinajstić information content (AvgIpc) is 2.67. The summed E-state index contributed by atoms with van der Waals surface area (Å²) in [5.41, 5.74) is 3.90. The monoisotopic (exact) mass is 242 g/mol. The van der Waals surface area contributed by atoms with Crippen LogP contribution in [0.15, 0.2) is 30.6 Å². The lowest BCUT2D eigenvalue weighted by atomic mass is 10.2. The minimum atomic E-state index is -0.368. The van der Waals surface area contributed by atoms with Crippen molar-refractivity contribution in [2.75, 3.05) is 0 Å². The lowest BCUT2D eigenvalue weighted by molar-refractivity contribution is 0.622. The Morgan fingerprint density at radius 3 is 2.78 bits per heavy atom. The van der Waals surface area contributed by atoms with Crippen LogP contribution in [-0.4, -0.2) is 19.6 Å². The van der Waals surface area contributed by atoms with E-state index in [1.807, 2.05) is 26.0 Å². The van der Waals surface area contributed by atoms with E-state index in [4.69, 9.17) is 0 Å². The summed E-state index contributed by atoms with van der Waals surface area (Å²) in [6.07, 6.45) is 2.78. The van der Waals surface area contributed by atoms with Crippen LogP contribution in [0.25, 0.3) is 16.9 Å². The first-order chi connectivity index (χ1) is 8.65. The highest BCUT2D eigenvalue weighted by atomic mass is 19.1. The van der Waals surface area contributed by atoms with Gasteiger partial charge in [0.2, 0.25) is 0 Å². The van der Waals surface area contributed by atoms with Crippen LogP contribution in [0.3, 0.4) is 0 Å². The molecule has 0 aliphatic carbocycles. The Morgan fingerprint density at radius 1 is 1.17 bits per heavy atom. The van der Waals surface area contributed by atoms with Crippen molar-refractivity contribution in [2.24, 2.45) is 0 Å². The van der Waals surface area contributed by atoms with Gasteiger partial charge in [-0.2, -0.15) is 5.10 Å². The lowest BCUT2D eigenvalue weighted by Gasteiger charge is -1.99. The zero-order valence-corrected chi connectivity index (χ0v) is 10.1. The predicted molar refractivity (Wildman–Crippen MR) is 65.7 cm³/mol. The maximum atomic E-state index is 13.2. The summed E-state index contributed by atoms with van der Waals surface area (Å²) in [7, 11) is 0. The van der Waals surface area contributed by atoms with Gasteiger partial charge in [0.1, 0.15) is 5.82 Å². The molecule has 3 aromatic heterocycles. The number of hydrogen-bond donors (Lipinski definition) is 0. The predicted octanol–water partition coefficient (Wildman–Crippen LogP) is 2.55. The second-order valence-electron chi connectivity index (χ2n) is 4.18. The van der Waals surface area contributed by atoms with Gasteiger partial charge in [-0.05, 0) is 32.0 Å². The molecular weight excluding hydrogens is 231 g/mol. The first kappa shape index (κ1) is 10.8. The number of nitrogens with zero attached hydrogens (tertiary/aromatic N) is 4. The van der Waals surface area contributed by atoms with Gasteiger partial charge in [-0.3, -0.25) is 4.98 Å². The van der Waals surface area contributed by atoms with E-state index >= 15 is 0 Å². The molecule has 90 valence electrons. The number of halogens is 1. The van der Waals surface area contributed by atoms with Crippen LogP contribution >= 0.6 is 0 Å². The van der Waals surface area contributed by atoms with E-state index in [0.29, 0.717) is 11.3 Å². The van der Waals surface area contributed by atoms with Crippen molar-refractivity contribution in [3.63, 3.8) is 0 Å². The number of imidazole rings is 1. The van der Waals surface area contributed by atoms with Gasteiger partial charge in [-0.15, -0.1) is 0 Å². The largest absolute Gasteiger partial charge is 0.261 e. The summed E-state index contributed by atoms with van der Waals surface area (Å²) in [5, 5.41) is 4.38. The molecule has 0 radical (unpaired) electrons. The molecule has 0 fully saturated rings. The van der Waals surface area contributed by atoms with E-state index in [-0.39, 0.29) is 5.82 Å². The molecule has 0 atom stereocenters. The molecule has 0 saturated heterocycles. The van der Waals surface area contributed by atoms with Crippen molar-refractivity contribution in [2.45, 2.75) is 13.8 Å². The minimum Gasteiger partial charge on any atom is -0.261 e. The topological polar surface area (TPSA) is 43.1 Å². The van der Waals surface area contributed by atoms with E-state index in [9.17, 15) is 4.39 Å². The van der Waals surface area contributed by atoms with E-state index < -0.39 is 0 Å². The molecule has 0 spiro atoms. The van der Waals surface area contributed by atoms with Crippen LogP contribution in [0.2, 0.25) is 0 Å². The van der Waals surface area contributed by atoms with Crippen molar-refractivity contribution in [1.82, 2.24) is 19.6 Å². The number of pyridine rings is 1. The summed E-state index contributed by atoms with van der Waals surface area (Å²) >= 11 is 0. The van der Waals surface area contributed by atoms with Gasteiger partial charge >= 0.3 is 0 Å². The highest BCUT2D eigenvalue weighted by Crippen LogP contribution is 2.23. The molecule has 0 aliphatic heterocycles. The first-order valence-corrected chi connectivity index (χ1v) is 5.59. The van der Waals surface area contributed by atoms with Gasteiger partial charge in [0.15, 0.2) is 5.65 Å². The Kier molecular flexibility index (Phi) is 2.33. The van der Waals surface area contributed by atoms with Gasteiger partial charge in [-0.25, -0.2) is 13.9 Å². The third kappa shape index (κ3) is 1.64. The van der Waals surface area contributed by atoms with E-state index in [0.717, 1.165) is 17.0 Å². The van der Waals surface area contributed by atoms with Crippen LogP contribution in [0, 0.1) is 19.7 Å². The van der Waals surface area contributed by atoms with Crippen LogP contribution in [0.5, 0.6) is 0 Å². The second kappa shape index (κ2) is 3.87. The number of aryl methyl sites for hydroxylation is 2. The van der Waals surface area contributed by atoms with Gasteiger partial charge in [0, 0.05) is 11.8 Å². The van der Waals surface area contributed by atoms with Gasteiger partial charge in [0.25, 0.3) is 0 Å². The van der Waals surface area contributed by atoms with Crippen LogP contribution in [0.1, 0.15) is 11.4 Å². The molecule has 0 aliphatic rings. The van der Waals surface area contributed by atoms with Crippen LogP contribution in [-0.2, 0) is 0 Å². The fraction of sp³-hybridized carbons (Fsp3) is 0.154. The van der Waals surface area contributed by atoms with Gasteiger partial charge in [0.05, 0.1) is 23.3 Å². The zero-order valence-electron chi connectivity index (χ0n) is 10.1. The minimum absolute atomic E-state index is 0.368. The van der Waals surface area contributed by atoms with Crippen LogP contribution in [0.4, 0.5) is 4.39 Å². The summed E-state index contributed by atoms with van der Waals surface area (Å²) in [6, 6.07) is 5.22. The molecule has 0 saturated carbocycles. The fourth-order valence-electron chi connectivity index (χ4n) is 1.95. The molecule has 3 heterocycles. The lowest BCUT2D eigenvalue weighted by Crippen LogP contribution is -1.95. The number of hydrogen-bond acceptors (Lipinski definition) is 3. The highest BCUT2D eigenvalue weighted by Gasteiger charge is 2.12. The highest BCUT2D eigenvalue weighted by molar-refractivity contribution is 5.65. The van der Waals surface area contributed by atoms with Crippen molar-refractivity contribution >= 4 is 5.65 Å². The number of fused-ring (bicyclic) bond motifs is 1. The molecule has 0 N–H and O–H groups in total. The Balaban J connectivity index is 2.27. The standard InChI is InChI=1S/C13H11FN4/c1-8-3-4-12-16-13(9(2)18(12)17-8)10-5-11(14)7-15-6-10/h3-7H,1-2H3. The van der Waals surface area contributed by atoms with Crippen molar-refractivity contribution in [3.8, 4) is 11.3 Å². The van der Waals surface area contributed by atoms with E-state index in [1.54, 1.807) is 10.7 Å². The quantitative estimate of drug-likeness (QED) is 0.658. The molecular formula is C13H11FN4. The van der Waals surface area contributed by atoms with E-state index in [2.05, 4.69) is 15.1 Å². The van der Waals surface area contributed by atoms with Crippen LogP contribution < -0.4 is 0 Å². The third-order valence-electron chi connectivity index (χ3n) is 2.81. The maximum Gasteiger partial charge on any atom is 0.154 e. The van der Waals surface area contributed by atoms with Gasteiger partial charge in [-0.1, -0.05) is 0 Å². The molecule has 3 aromatic rings. The molecule has 5 heteroatoms. The summed E-state index contributed by atoms with van der Waals surface area (Å²) < 4.78 is 15.0. The molecule has 0 amide bonds. The maximum absolute atomic E-state index is 13.2. The Morgan fingerprint density at radius 2 is 2.00 bits per heavy atom. The molecule has 3 rings (SSSR count). The molecule has 0 bridgehead atoms. The van der Waals surface area contributed by atoms with E-state index in [1.165, 1.54) is 12.3 Å². The van der Waals surface area contributed by atoms with Crippen molar-refractivity contribution in [3.05, 3.63) is 47.8 Å². The van der Waals surface area contributed by atoms with Crippen molar-refractivity contribution < 1.29 is 4.39 Å². The second-order valence-corrected chi connectivity index (χ2v) is 4.18. The molecule has 0 unspecified atom stereocenters. The zero-order chi connectivity index (χ0) is 12.7. The fourth-order valence-corrected chi connectivity index (χ4v) is 1.95.